The zero-order valence-corrected chi connectivity index (χ0v) is 16.9. The van der Waals surface area contributed by atoms with Crippen LogP contribution >= 0.6 is 0 Å². The van der Waals surface area contributed by atoms with Crippen LogP contribution in [-0.2, 0) is 16.0 Å². The van der Waals surface area contributed by atoms with Crippen LogP contribution in [0.2, 0.25) is 0 Å². The van der Waals surface area contributed by atoms with E-state index in [0.717, 1.165) is 22.0 Å². The molecule has 154 valence electrons. The molecule has 1 unspecified atom stereocenters. The first-order chi connectivity index (χ1) is 14.4. The molecular formula is C24H23FN2O3. The highest BCUT2D eigenvalue weighted by atomic mass is 19.1. The van der Waals surface area contributed by atoms with Gasteiger partial charge in [0.15, 0.2) is 11.5 Å². The molecule has 2 aromatic carbocycles. The fourth-order valence-electron chi connectivity index (χ4n) is 3.99. The van der Waals surface area contributed by atoms with E-state index in [2.05, 4.69) is 4.98 Å². The quantitative estimate of drug-likeness (QED) is 0.634. The molecule has 0 spiro atoms. The molecular weight excluding hydrogens is 383 g/mol. The Balaban J connectivity index is 1.75. The number of para-hydroxylation sites is 1. The Bertz CT molecular complexity index is 1140. The fourth-order valence-corrected chi connectivity index (χ4v) is 3.99. The number of fused-ring (bicyclic) bond motifs is 1. The molecule has 2 N–H and O–H groups in total. The Morgan fingerprint density at radius 2 is 1.87 bits per heavy atom. The second kappa shape index (κ2) is 7.78. The van der Waals surface area contributed by atoms with Crippen LogP contribution in [-0.4, -0.2) is 33.2 Å². The third-order valence-corrected chi connectivity index (χ3v) is 5.56. The second-order valence-corrected chi connectivity index (χ2v) is 7.85. The number of hydrogen-bond acceptors (Lipinski definition) is 3. The van der Waals surface area contributed by atoms with Crippen molar-refractivity contribution in [2.24, 2.45) is 5.92 Å². The van der Waals surface area contributed by atoms with Gasteiger partial charge in [-0.3, -0.25) is 9.59 Å². The summed E-state index contributed by atoms with van der Waals surface area (Å²) in [5, 5.41) is 11.5. The summed E-state index contributed by atoms with van der Waals surface area (Å²) in [7, 11) is 0. The third kappa shape index (κ3) is 3.38. The van der Waals surface area contributed by atoms with Gasteiger partial charge < -0.3 is 15.0 Å². The van der Waals surface area contributed by atoms with Gasteiger partial charge >= 0.3 is 0 Å². The number of benzene rings is 2. The number of amides is 1. The van der Waals surface area contributed by atoms with Gasteiger partial charge in [-0.2, -0.15) is 0 Å². The maximum Gasteiger partial charge on any atom is 0.290 e. The van der Waals surface area contributed by atoms with E-state index >= 15 is 0 Å². The SMILES string of the molecule is CC(C)C(=O)C1=C(O)C(=O)N(CCc2ccc(F)cc2)C1c1c[nH]c2ccccc12. The third-order valence-electron chi connectivity index (χ3n) is 5.56. The zero-order chi connectivity index (χ0) is 21.4. The molecule has 5 nitrogen and oxygen atoms in total. The van der Waals surface area contributed by atoms with Gasteiger partial charge in [0.1, 0.15) is 5.82 Å². The van der Waals surface area contributed by atoms with Gasteiger partial charge in [-0.05, 0) is 30.2 Å². The smallest absolute Gasteiger partial charge is 0.290 e. The van der Waals surface area contributed by atoms with Gasteiger partial charge in [0.25, 0.3) is 5.91 Å². The topological polar surface area (TPSA) is 73.4 Å². The Morgan fingerprint density at radius 1 is 1.17 bits per heavy atom. The highest BCUT2D eigenvalue weighted by molar-refractivity contribution is 6.10. The molecule has 6 heteroatoms. The Morgan fingerprint density at radius 3 is 2.57 bits per heavy atom. The normalized spacial score (nSPS) is 16.9. The Labute approximate surface area is 173 Å². The molecule has 1 aliphatic heterocycles. The lowest BCUT2D eigenvalue weighted by Crippen LogP contribution is -2.33. The summed E-state index contributed by atoms with van der Waals surface area (Å²) in [6.07, 6.45) is 2.26. The minimum Gasteiger partial charge on any atom is -0.503 e. The Hall–Kier alpha value is -3.41. The van der Waals surface area contributed by atoms with Gasteiger partial charge in [0.05, 0.1) is 11.6 Å². The molecule has 30 heavy (non-hydrogen) atoms. The molecule has 1 atom stereocenters. The maximum atomic E-state index is 13.2. The molecule has 1 aliphatic rings. The molecule has 1 amide bonds. The monoisotopic (exact) mass is 406 g/mol. The average Bonchev–Trinajstić information content (AvgIpc) is 3.26. The van der Waals surface area contributed by atoms with Crippen LogP contribution in [0.15, 0.2) is 66.1 Å². The van der Waals surface area contributed by atoms with Crippen LogP contribution in [0.5, 0.6) is 0 Å². The molecule has 0 saturated carbocycles. The first-order valence-corrected chi connectivity index (χ1v) is 9.97. The largest absolute Gasteiger partial charge is 0.503 e. The number of carbonyl (C=O) groups is 2. The maximum absolute atomic E-state index is 13.2. The number of Topliss-reactive ketones (excluding diaryl/α,β-unsaturated/α-hetero) is 1. The number of ketones is 1. The standard InChI is InChI=1S/C24H23FN2O3/c1-14(2)22(28)20-21(18-13-26-19-6-4-3-5-17(18)19)27(24(30)23(20)29)12-11-15-7-9-16(25)10-8-15/h3-10,13-14,21,26,29H,11-12H2,1-2H3. The first-order valence-electron chi connectivity index (χ1n) is 9.97. The lowest BCUT2D eigenvalue weighted by atomic mass is 9.91. The molecule has 0 fully saturated rings. The molecule has 4 rings (SSSR count). The molecule has 2 heterocycles. The number of nitrogens with zero attached hydrogens (tertiary/aromatic N) is 1. The highest BCUT2D eigenvalue weighted by Crippen LogP contribution is 2.41. The van der Waals surface area contributed by atoms with Crippen molar-refractivity contribution in [2.45, 2.75) is 26.3 Å². The van der Waals surface area contributed by atoms with Crippen LogP contribution in [0.3, 0.4) is 0 Å². The summed E-state index contributed by atoms with van der Waals surface area (Å²) < 4.78 is 13.2. The van der Waals surface area contributed by atoms with Crippen molar-refractivity contribution in [1.82, 2.24) is 9.88 Å². The fraction of sp³-hybridized carbons (Fsp3) is 0.250. The van der Waals surface area contributed by atoms with Crippen LogP contribution in [0, 0.1) is 11.7 Å². The number of rotatable bonds is 6. The number of aromatic amines is 1. The highest BCUT2D eigenvalue weighted by Gasteiger charge is 2.44. The van der Waals surface area contributed by atoms with E-state index in [-0.39, 0.29) is 29.6 Å². The van der Waals surface area contributed by atoms with Crippen molar-refractivity contribution in [2.75, 3.05) is 6.54 Å². The minimum absolute atomic E-state index is 0.138. The first kappa shape index (κ1) is 19.9. The van der Waals surface area contributed by atoms with Crippen molar-refractivity contribution in [3.8, 4) is 0 Å². The molecule has 0 saturated heterocycles. The predicted molar refractivity (Wildman–Crippen MR) is 112 cm³/mol. The summed E-state index contributed by atoms with van der Waals surface area (Å²) in [6.45, 7) is 3.79. The van der Waals surface area contributed by atoms with Crippen LogP contribution in [0.4, 0.5) is 4.39 Å². The van der Waals surface area contributed by atoms with Gasteiger partial charge in [0.2, 0.25) is 0 Å². The molecule has 1 aromatic heterocycles. The number of aromatic nitrogens is 1. The number of H-pyrrole nitrogens is 1. The molecule has 0 radical (unpaired) electrons. The van der Waals surface area contributed by atoms with Gasteiger partial charge in [0, 0.05) is 35.1 Å². The van der Waals surface area contributed by atoms with E-state index < -0.39 is 17.7 Å². The van der Waals surface area contributed by atoms with Crippen LogP contribution < -0.4 is 0 Å². The zero-order valence-electron chi connectivity index (χ0n) is 16.9. The Kier molecular flexibility index (Phi) is 5.16. The summed E-state index contributed by atoms with van der Waals surface area (Å²) in [4.78, 5) is 30.6. The van der Waals surface area contributed by atoms with Crippen molar-refractivity contribution >= 4 is 22.6 Å². The number of halogens is 1. The number of nitrogens with one attached hydrogen (secondary N) is 1. The van der Waals surface area contributed by atoms with Crippen molar-refractivity contribution in [3.63, 3.8) is 0 Å². The lowest BCUT2D eigenvalue weighted by molar-refractivity contribution is -0.129. The van der Waals surface area contributed by atoms with Crippen molar-refractivity contribution in [3.05, 3.63) is 83.0 Å². The summed E-state index contributed by atoms with van der Waals surface area (Å²) in [5.74, 6) is -1.98. The molecule has 0 aliphatic carbocycles. The van der Waals surface area contributed by atoms with Crippen LogP contribution in [0.1, 0.15) is 31.0 Å². The number of carbonyl (C=O) groups excluding carboxylic acids is 2. The summed E-state index contributed by atoms with van der Waals surface area (Å²) >= 11 is 0. The predicted octanol–water partition coefficient (Wildman–Crippen LogP) is 4.47. The average molecular weight is 406 g/mol. The van der Waals surface area contributed by atoms with E-state index in [1.807, 2.05) is 24.3 Å². The summed E-state index contributed by atoms with van der Waals surface area (Å²) in [5.41, 5.74) is 2.66. The van der Waals surface area contributed by atoms with E-state index in [1.54, 1.807) is 32.2 Å². The lowest BCUT2D eigenvalue weighted by Gasteiger charge is -2.27. The molecule has 0 bridgehead atoms. The van der Waals surface area contributed by atoms with E-state index in [0.29, 0.717) is 6.42 Å². The van der Waals surface area contributed by atoms with Gasteiger partial charge in [-0.15, -0.1) is 0 Å². The summed E-state index contributed by atoms with van der Waals surface area (Å²) in [6, 6.07) is 13.1. The molecule has 3 aromatic rings. The number of aliphatic hydroxyl groups is 1. The van der Waals surface area contributed by atoms with Gasteiger partial charge in [-0.1, -0.05) is 44.2 Å². The van der Waals surface area contributed by atoms with Crippen molar-refractivity contribution in [1.29, 1.82) is 0 Å². The second-order valence-electron chi connectivity index (χ2n) is 7.85. The van der Waals surface area contributed by atoms with Gasteiger partial charge in [-0.25, -0.2) is 4.39 Å². The van der Waals surface area contributed by atoms with E-state index in [4.69, 9.17) is 0 Å². The number of aliphatic hydroxyl groups excluding tert-OH is 1. The van der Waals surface area contributed by atoms with Crippen molar-refractivity contribution < 1.29 is 19.1 Å². The minimum atomic E-state index is -0.677. The van der Waals surface area contributed by atoms with E-state index in [1.165, 1.54) is 17.0 Å². The van der Waals surface area contributed by atoms with Crippen LogP contribution in [0.25, 0.3) is 10.9 Å². The number of hydrogen-bond donors (Lipinski definition) is 2. The van der Waals surface area contributed by atoms with E-state index in [9.17, 15) is 19.1 Å².